The van der Waals surface area contributed by atoms with Gasteiger partial charge in [-0.1, -0.05) is 30.1 Å². The Morgan fingerprint density at radius 2 is 2.17 bits per heavy atom. The third-order valence-corrected chi connectivity index (χ3v) is 3.07. The lowest BCUT2D eigenvalue weighted by Gasteiger charge is -2.00. The van der Waals surface area contributed by atoms with Crippen molar-refractivity contribution in [3.63, 3.8) is 0 Å². The molecule has 2 N–H and O–H groups in total. The van der Waals surface area contributed by atoms with Gasteiger partial charge < -0.3 is 10.1 Å². The average Bonchev–Trinajstić information content (AvgIpc) is 2.73. The van der Waals surface area contributed by atoms with E-state index in [9.17, 15) is 4.79 Å². The van der Waals surface area contributed by atoms with Crippen molar-refractivity contribution in [3.8, 4) is 11.4 Å². The van der Waals surface area contributed by atoms with Gasteiger partial charge in [0.2, 0.25) is 0 Å². The highest BCUT2D eigenvalue weighted by atomic mass is 35.5. The van der Waals surface area contributed by atoms with Crippen LogP contribution >= 0.6 is 23.2 Å². The van der Waals surface area contributed by atoms with Gasteiger partial charge in [-0.05, 0) is 24.6 Å². The highest BCUT2D eigenvalue weighted by Gasteiger charge is 2.17. The number of halogens is 2. The van der Waals surface area contributed by atoms with Crippen LogP contribution in [0.2, 0.25) is 10.0 Å². The molecule has 0 unspecified atom stereocenters. The van der Waals surface area contributed by atoms with Gasteiger partial charge in [0, 0.05) is 16.3 Å². The Labute approximate surface area is 114 Å². The molecule has 0 amide bonds. The molecule has 0 spiro atoms. The van der Waals surface area contributed by atoms with E-state index in [0.29, 0.717) is 33.5 Å². The minimum Gasteiger partial charge on any atom is -0.476 e. The highest BCUT2D eigenvalue weighted by Crippen LogP contribution is 2.29. The summed E-state index contributed by atoms with van der Waals surface area (Å²) in [5, 5.41) is 9.98. The summed E-state index contributed by atoms with van der Waals surface area (Å²) in [5.41, 5.74) is 1.23. The molecule has 0 aliphatic rings. The van der Waals surface area contributed by atoms with Gasteiger partial charge in [-0.3, -0.25) is 0 Å². The number of carbonyl (C=O) groups is 1. The smallest absolute Gasteiger partial charge is 0.356 e. The van der Waals surface area contributed by atoms with E-state index in [-0.39, 0.29) is 5.69 Å². The first-order chi connectivity index (χ1) is 8.52. The second-order valence-corrected chi connectivity index (χ2v) is 4.54. The van der Waals surface area contributed by atoms with Crippen LogP contribution in [0.3, 0.4) is 0 Å². The Kier molecular flexibility index (Phi) is 3.59. The molecule has 1 aromatic carbocycles. The number of aromatic amines is 1. The fraction of sp³-hybridized carbons (Fsp3) is 0.167. The van der Waals surface area contributed by atoms with Gasteiger partial charge in [0.05, 0.1) is 5.02 Å². The van der Waals surface area contributed by atoms with Crippen LogP contribution in [0, 0.1) is 0 Å². The monoisotopic (exact) mass is 284 g/mol. The summed E-state index contributed by atoms with van der Waals surface area (Å²) < 4.78 is 0. The molecule has 1 heterocycles. The molecule has 0 aliphatic heterocycles. The van der Waals surface area contributed by atoms with Crippen LogP contribution in [0.25, 0.3) is 11.4 Å². The minimum atomic E-state index is -1.06. The van der Waals surface area contributed by atoms with Gasteiger partial charge in [-0.2, -0.15) is 0 Å². The molecular weight excluding hydrogens is 275 g/mol. The van der Waals surface area contributed by atoms with Crippen LogP contribution in [0.4, 0.5) is 0 Å². The number of nitrogens with zero attached hydrogens (tertiary/aromatic N) is 1. The fourth-order valence-corrected chi connectivity index (χ4v) is 2.15. The number of aromatic carboxylic acids is 1. The molecule has 0 fully saturated rings. The molecule has 2 rings (SSSR count). The van der Waals surface area contributed by atoms with Crippen LogP contribution in [-0.4, -0.2) is 21.0 Å². The summed E-state index contributed by atoms with van der Waals surface area (Å²) in [7, 11) is 0. The second kappa shape index (κ2) is 5.00. The number of rotatable bonds is 3. The number of aromatic nitrogens is 2. The van der Waals surface area contributed by atoms with E-state index >= 15 is 0 Å². The zero-order valence-electron chi connectivity index (χ0n) is 9.50. The number of hydrogen-bond donors (Lipinski definition) is 2. The van der Waals surface area contributed by atoms with E-state index in [1.54, 1.807) is 18.2 Å². The fourth-order valence-electron chi connectivity index (χ4n) is 1.65. The minimum absolute atomic E-state index is 0.0264. The summed E-state index contributed by atoms with van der Waals surface area (Å²) in [5.74, 6) is -0.620. The molecule has 0 atom stereocenters. The molecule has 0 radical (unpaired) electrons. The van der Waals surface area contributed by atoms with Gasteiger partial charge in [0.25, 0.3) is 0 Å². The van der Waals surface area contributed by atoms with Gasteiger partial charge >= 0.3 is 5.97 Å². The number of H-pyrrole nitrogens is 1. The van der Waals surface area contributed by atoms with Crippen molar-refractivity contribution in [1.29, 1.82) is 0 Å². The zero-order valence-corrected chi connectivity index (χ0v) is 11.0. The molecule has 18 heavy (non-hydrogen) atoms. The molecule has 0 bridgehead atoms. The predicted octanol–water partition coefficient (Wildman–Crippen LogP) is 3.64. The lowest BCUT2D eigenvalue weighted by atomic mass is 10.2. The van der Waals surface area contributed by atoms with Crippen molar-refractivity contribution in [1.82, 2.24) is 9.97 Å². The maximum Gasteiger partial charge on any atom is 0.356 e. The molecule has 94 valence electrons. The van der Waals surface area contributed by atoms with Crippen molar-refractivity contribution < 1.29 is 9.90 Å². The number of nitrogens with one attached hydrogen (secondary N) is 1. The van der Waals surface area contributed by atoms with Crippen molar-refractivity contribution in [2.45, 2.75) is 13.3 Å². The summed E-state index contributed by atoms with van der Waals surface area (Å²) >= 11 is 11.9. The van der Waals surface area contributed by atoms with Crippen molar-refractivity contribution in [2.75, 3.05) is 0 Å². The molecule has 0 saturated heterocycles. The summed E-state index contributed by atoms with van der Waals surface area (Å²) in [6, 6.07) is 4.97. The molecule has 6 heteroatoms. The SMILES string of the molecule is CCc1[nH]c(-c2ccc(Cl)cc2Cl)nc1C(=O)O. The van der Waals surface area contributed by atoms with Gasteiger partial charge in [0.15, 0.2) is 5.69 Å². The Balaban J connectivity index is 2.54. The zero-order chi connectivity index (χ0) is 13.3. The number of hydrogen-bond acceptors (Lipinski definition) is 2. The molecular formula is C12H10Cl2N2O2. The number of carboxylic acids is 1. The van der Waals surface area contributed by atoms with Crippen LogP contribution in [0.15, 0.2) is 18.2 Å². The van der Waals surface area contributed by atoms with Crippen LogP contribution in [0.1, 0.15) is 23.1 Å². The lowest BCUT2D eigenvalue weighted by molar-refractivity contribution is 0.0690. The van der Waals surface area contributed by atoms with E-state index in [1.807, 2.05) is 6.92 Å². The van der Waals surface area contributed by atoms with Gasteiger partial charge in [0.1, 0.15) is 5.82 Å². The molecule has 0 aliphatic carbocycles. The maximum absolute atomic E-state index is 11.0. The van der Waals surface area contributed by atoms with E-state index in [4.69, 9.17) is 28.3 Å². The van der Waals surface area contributed by atoms with Crippen LogP contribution in [0.5, 0.6) is 0 Å². The first-order valence-electron chi connectivity index (χ1n) is 5.30. The third-order valence-electron chi connectivity index (χ3n) is 2.52. The Bertz CT molecular complexity index is 608. The summed E-state index contributed by atoms with van der Waals surface area (Å²) in [6.07, 6.45) is 0.555. The maximum atomic E-state index is 11.0. The number of aryl methyl sites for hydroxylation is 1. The number of carboxylic acid groups (broad SMARTS) is 1. The average molecular weight is 285 g/mol. The molecule has 0 saturated carbocycles. The van der Waals surface area contributed by atoms with Gasteiger partial charge in [-0.15, -0.1) is 0 Å². The topological polar surface area (TPSA) is 66.0 Å². The summed E-state index contributed by atoms with van der Waals surface area (Å²) in [4.78, 5) is 18.1. The van der Waals surface area contributed by atoms with Crippen molar-refractivity contribution in [3.05, 3.63) is 39.6 Å². The standard InChI is InChI=1S/C12H10Cl2N2O2/c1-2-9-10(12(17)18)16-11(15-9)7-4-3-6(13)5-8(7)14/h3-5H,2H2,1H3,(H,15,16)(H,17,18). The largest absolute Gasteiger partial charge is 0.476 e. The third kappa shape index (κ3) is 2.35. The predicted molar refractivity (Wildman–Crippen MR) is 70.4 cm³/mol. The Morgan fingerprint density at radius 3 is 2.67 bits per heavy atom. The molecule has 1 aromatic heterocycles. The number of benzene rings is 1. The van der Waals surface area contributed by atoms with Crippen LogP contribution < -0.4 is 0 Å². The van der Waals surface area contributed by atoms with Gasteiger partial charge in [-0.25, -0.2) is 9.78 Å². The quantitative estimate of drug-likeness (QED) is 0.904. The highest BCUT2D eigenvalue weighted by molar-refractivity contribution is 6.36. The first-order valence-corrected chi connectivity index (χ1v) is 6.06. The van der Waals surface area contributed by atoms with E-state index < -0.39 is 5.97 Å². The van der Waals surface area contributed by atoms with E-state index in [0.717, 1.165) is 0 Å². The van der Waals surface area contributed by atoms with Crippen molar-refractivity contribution >= 4 is 29.2 Å². The normalized spacial score (nSPS) is 10.6. The lowest BCUT2D eigenvalue weighted by Crippen LogP contribution is -2.00. The van der Waals surface area contributed by atoms with Crippen molar-refractivity contribution in [2.24, 2.45) is 0 Å². The Hall–Kier alpha value is -1.52. The second-order valence-electron chi connectivity index (χ2n) is 3.70. The van der Waals surface area contributed by atoms with E-state index in [2.05, 4.69) is 9.97 Å². The number of imidazole rings is 1. The van der Waals surface area contributed by atoms with E-state index in [1.165, 1.54) is 0 Å². The molecule has 2 aromatic rings. The molecule has 4 nitrogen and oxygen atoms in total. The first kappa shape index (κ1) is 12.9. The summed E-state index contributed by atoms with van der Waals surface area (Å²) in [6.45, 7) is 1.85. The Morgan fingerprint density at radius 1 is 1.44 bits per heavy atom. The van der Waals surface area contributed by atoms with Crippen LogP contribution in [-0.2, 0) is 6.42 Å².